The second-order valence-electron chi connectivity index (χ2n) is 3.23. The van der Waals surface area contributed by atoms with Crippen molar-refractivity contribution in [3.63, 3.8) is 0 Å². The molecule has 0 atom stereocenters. The van der Waals surface area contributed by atoms with E-state index in [1.807, 2.05) is 6.07 Å². The Morgan fingerprint density at radius 2 is 1.81 bits per heavy atom. The lowest BCUT2D eigenvalue weighted by Gasteiger charge is -2.06. The average molecular weight is 218 g/mol. The standard InChI is InChI=1S/C12H14N2O2/c1-2-3-16-12(15)11-5-9(7-13)4-10(6-11)8-14/h1,4-6H,3,7-8,13-14H2. The molecule has 84 valence electrons. The molecular weight excluding hydrogens is 204 g/mol. The van der Waals surface area contributed by atoms with E-state index in [0.717, 1.165) is 11.1 Å². The van der Waals surface area contributed by atoms with Gasteiger partial charge in [-0.25, -0.2) is 4.79 Å². The van der Waals surface area contributed by atoms with Gasteiger partial charge >= 0.3 is 5.97 Å². The molecule has 0 radical (unpaired) electrons. The largest absolute Gasteiger partial charge is 0.449 e. The van der Waals surface area contributed by atoms with Crippen LogP contribution in [0.5, 0.6) is 0 Å². The zero-order valence-corrected chi connectivity index (χ0v) is 8.90. The van der Waals surface area contributed by atoms with E-state index in [4.69, 9.17) is 22.6 Å². The molecule has 0 aliphatic carbocycles. The molecule has 0 spiro atoms. The monoisotopic (exact) mass is 218 g/mol. The number of rotatable bonds is 4. The van der Waals surface area contributed by atoms with Crippen LogP contribution < -0.4 is 11.5 Å². The molecule has 16 heavy (non-hydrogen) atoms. The molecule has 0 unspecified atom stereocenters. The van der Waals surface area contributed by atoms with Crippen molar-refractivity contribution in [1.82, 2.24) is 0 Å². The van der Waals surface area contributed by atoms with E-state index in [1.54, 1.807) is 12.1 Å². The van der Waals surface area contributed by atoms with Gasteiger partial charge in [-0.05, 0) is 23.3 Å². The molecule has 0 aliphatic heterocycles. The van der Waals surface area contributed by atoms with Crippen molar-refractivity contribution in [1.29, 1.82) is 0 Å². The van der Waals surface area contributed by atoms with E-state index in [2.05, 4.69) is 5.92 Å². The van der Waals surface area contributed by atoms with Crippen LogP contribution in [-0.2, 0) is 17.8 Å². The van der Waals surface area contributed by atoms with Crippen LogP contribution in [0.25, 0.3) is 0 Å². The Hall–Kier alpha value is -1.83. The van der Waals surface area contributed by atoms with Gasteiger partial charge in [0.2, 0.25) is 0 Å². The molecule has 0 amide bonds. The van der Waals surface area contributed by atoms with Gasteiger partial charge in [0.15, 0.2) is 6.61 Å². The number of terminal acetylenes is 1. The van der Waals surface area contributed by atoms with E-state index < -0.39 is 5.97 Å². The molecule has 0 aromatic heterocycles. The summed E-state index contributed by atoms with van der Waals surface area (Å²) in [6.45, 7) is 0.663. The maximum atomic E-state index is 11.5. The first-order valence-corrected chi connectivity index (χ1v) is 4.84. The molecule has 0 bridgehead atoms. The first-order chi connectivity index (χ1) is 7.71. The van der Waals surface area contributed by atoms with Gasteiger partial charge in [0.05, 0.1) is 5.56 Å². The molecule has 4 N–H and O–H groups in total. The summed E-state index contributed by atoms with van der Waals surface area (Å²) in [5.74, 6) is 1.78. The van der Waals surface area contributed by atoms with Gasteiger partial charge in [0.1, 0.15) is 0 Å². The predicted octanol–water partition coefficient (Wildman–Crippen LogP) is 0.394. The lowest BCUT2D eigenvalue weighted by atomic mass is 10.1. The van der Waals surface area contributed by atoms with Gasteiger partial charge in [-0.1, -0.05) is 12.0 Å². The molecule has 4 nitrogen and oxygen atoms in total. The quantitative estimate of drug-likeness (QED) is 0.566. The zero-order valence-electron chi connectivity index (χ0n) is 8.90. The Kier molecular flexibility index (Phi) is 4.52. The fraction of sp³-hybridized carbons (Fsp3) is 0.250. The third-order valence-electron chi connectivity index (χ3n) is 2.05. The minimum absolute atomic E-state index is 0.0381. The van der Waals surface area contributed by atoms with Crippen LogP contribution in [0.15, 0.2) is 18.2 Å². The van der Waals surface area contributed by atoms with Crippen molar-refractivity contribution in [2.24, 2.45) is 11.5 Å². The molecule has 4 heteroatoms. The first kappa shape index (κ1) is 12.2. The number of ether oxygens (including phenoxy) is 1. The Labute approximate surface area is 94.6 Å². The molecule has 0 fully saturated rings. The van der Waals surface area contributed by atoms with Crippen molar-refractivity contribution >= 4 is 5.97 Å². The van der Waals surface area contributed by atoms with Crippen molar-refractivity contribution in [2.45, 2.75) is 13.1 Å². The first-order valence-electron chi connectivity index (χ1n) is 4.84. The molecular formula is C12H14N2O2. The number of hydrogen-bond acceptors (Lipinski definition) is 4. The summed E-state index contributed by atoms with van der Waals surface area (Å²) < 4.78 is 4.82. The summed E-state index contributed by atoms with van der Waals surface area (Å²) >= 11 is 0. The second-order valence-corrected chi connectivity index (χ2v) is 3.23. The van der Waals surface area contributed by atoms with Gasteiger partial charge in [0, 0.05) is 13.1 Å². The molecule has 1 aromatic rings. The molecule has 0 aliphatic rings. The zero-order chi connectivity index (χ0) is 12.0. The Bertz CT molecular complexity index is 399. The maximum absolute atomic E-state index is 11.5. The highest BCUT2D eigenvalue weighted by atomic mass is 16.5. The Balaban J connectivity index is 2.94. The van der Waals surface area contributed by atoms with E-state index in [-0.39, 0.29) is 6.61 Å². The van der Waals surface area contributed by atoms with Gasteiger partial charge in [-0.3, -0.25) is 0 Å². The van der Waals surface area contributed by atoms with Gasteiger partial charge < -0.3 is 16.2 Å². The fourth-order valence-electron chi connectivity index (χ4n) is 1.31. The fourth-order valence-corrected chi connectivity index (χ4v) is 1.31. The Morgan fingerprint density at radius 1 is 1.25 bits per heavy atom. The van der Waals surface area contributed by atoms with Crippen LogP contribution in [0.3, 0.4) is 0 Å². The van der Waals surface area contributed by atoms with E-state index in [0.29, 0.717) is 18.7 Å². The molecule has 0 heterocycles. The van der Waals surface area contributed by atoms with Gasteiger partial charge in [-0.15, -0.1) is 6.42 Å². The van der Waals surface area contributed by atoms with Crippen LogP contribution in [-0.4, -0.2) is 12.6 Å². The third-order valence-corrected chi connectivity index (χ3v) is 2.05. The summed E-state index contributed by atoms with van der Waals surface area (Å²) in [5, 5.41) is 0. The van der Waals surface area contributed by atoms with Gasteiger partial charge in [0.25, 0.3) is 0 Å². The summed E-state index contributed by atoms with van der Waals surface area (Å²) in [6, 6.07) is 5.22. The highest BCUT2D eigenvalue weighted by molar-refractivity contribution is 5.90. The van der Waals surface area contributed by atoms with Crippen LogP contribution in [0.4, 0.5) is 0 Å². The lowest BCUT2D eigenvalue weighted by Crippen LogP contribution is -2.09. The smallest absolute Gasteiger partial charge is 0.339 e. The van der Waals surface area contributed by atoms with Crippen LogP contribution in [0.2, 0.25) is 0 Å². The number of nitrogens with two attached hydrogens (primary N) is 2. The summed E-state index contributed by atoms with van der Waals surface area (Å²) in [6.07, 6.45) is 5.00. The van der Waals surface area contributed by atoms with Gasteiger partial charge in [-0.2, -0.15) is 0 Å². The van der Waals surface area contributed by atoms with Crippen molar-refractivity contribution < 1.29 is 9.53 Å². The number of hydrogen-bond donors (Lipinski definition) is 2. The lowest BCUT2D eigenvalue weighted by molar-refractivity contribution is 0.0556. The third kappa shape index (κ3) is 3.09. The minimum Gasteiger partial charge on any atom is -0.449 e. The SMILES string of the molecule is C#CCOC(=O)c1cc(CN)cc(CN)c1. The maximum Gasteiger partial charge on any atom is 0.339 e. The summed E-state index contributed by atoms with van der Waals surface area (Å²) in [4.78, 5) is 11.5. The predicted molar refractivity (Wildman–Crippen MR) is 61.3 cm³/mol. The number of benzene rings is 1. The van der Waals surface area contributed by atoms with Crippen molar-refractivity contribution in [2.75, 3.05) is 6.61 Å². The highest BCUT2D eigenvalue weighted by Gasteiger charge is 2.08. The van der Waals surface area contributed by atoms with E-state index in [9.17, 15) is 4.79 Å². The molecule has 0 saturated heterocycles. The van der Waals surface area contributed by atoms with E-state index in [1.165, 1.54) is 0 Å². The molecule has 1 aromatic carbocycles. The van der Waals surface area contributed by atoms with Crippen LogP contribution in [0, 0.1) is 12.3 Å². The van der Waals surface area contributed by atoms with Crippen LogP contribution in [0.1, 0.15) is 21.5 Å². The highest BCUT2D eigenvalue weighted by Crippen LogP contribution is 2.11. The average Bonchev–Trinajstić information content (AvgIpc) is 2.35. The number of carbonyl (C=O) groups excluding carboxylic acids is 1. The summed E-state index contributed by atoms with van der Waals surface area (Å²) in [7, 11) is 0. The topological polar surface area (TPSA) is 78.3 Å². The van der Waals surface area contributed by atoms with Crippen LogP contribution >= 0.6 is 0 Å². The van der Waals surface area contributed by atoms with E-state index >= 15 is 0 Å². The Morgan fingerprint density at radius 3 is 2.25 bits per heavy atom. The minimum atomic E-state index is -0.456. The van der Waals surface area contributed by atoms with Crippen molar-refractivity contribution in [3.8, 4) is 12.3 Å². The van der Waals surface area contributed by atoms with Crippen molar-refractivity contribution in [3.05, 3.63) is 34.9 Å². The molecule has 1 rings (SSSR count). The summed E-state index contributed by atoms with van der Waals surface area (Å²) in [5.41, 5.74) is 13.2. The molecule has 0 saturated carbocycles. The number of esters is 1. The second kappa shape index (κ2) is 5.91. The normalized spacial score (nSPS) is 9.56. The number of carbonyl (C=O) groups is 1.